The van der Waals surface area contributed by atoms with Gasteiger partial charge >= 0.3 is 11.9 Å². The predicted octanol–water partition coefficient (Wildman–Crippen LogP) is 0.570. The molecule has 0 spiro atoms. The van der Waals surface area contributed by atoms with Crippen LogP contribution in [0.25, 0.3) is 0 Å². The Labute approximate surface area is 206 Å². The molecule has 0 aliphatic rings. The minimum absolute atomic E-state index is 0.0775. The fourth-order valence-electron chi connectivity index (χ4n) is 2.75. The van der Waals surface area contributed by atoms with Gasteiger partial charge < -0.3 is 32.3 Å². The highest BCUT2D eigenvalue weighted by Gasteiger charge is 2.23. The monoisotopic (exact) mass is 508 g/mol. The molecule has 0 aromatic heterocycles. The van der Waals surface area contributed by atoms with E-state index in [1.54, 1.807) is 6.07 Å². The number of rotatable bonds is 10. The van der Waals surface area contributed by atoms with Gasteiger partial charge in [0.15, 0.2) is 0 Å². The smallest absolute Gasteiger partial charge is 0.326 e. The van der Waals surface area contributed by atoms with Crippen molar-refractivity contribution in [3.8, 4) is 0 Å². The highest BCUT2D eigenvalue weighted by atomic mass is 19.1. The first-order chi connectivity index (χ1) is 16.8. The van der Waals surface area contributed by atoms with E-state index >= 15 is 0 Å². The van der Waals surface area contributed by atoms with Crippen LogP contribution in [0.2, 0.25) is 0 Å². The molecule has 2 unspecified atom stereocenters. The maximum absolute atomic E-state index is 13.4. The number of hydrogen-bond acceptors (Lipinski definition) is 6. The lowest BCUT2D eigenvalue weighted by molar-refractivity contribution is -0.142. The quantitative estimate of drug-likeness (QED) is 0.269. The standard InChI is InChI=1S/2C12H15FN2O3/c1-7(14)11(16)15-10(12(17)18)6-8-2-4-9(13)5-3-8;1-7(14)11(16)15-10(12(17)18)6-8-4-2-3-5-9(8)13/h2*2-5,7,10H,6,14H2,1H3,(H,15,16)(H,17,18)/t2*7-,10?/m00/s1. The number of nitrogens with two attached hydrogens (primary N) is 2. The molecule has 2 rings (SSSR count). The van der Waals surface area contributed by atoms with E-state index < -0.39 is 59.6 Å². The molecule has 2 amide bonds. The molecule has 0 aliphatic heterocycles. The van der Waals surface area contributed by atoms with Crippen LogP contribution in [0.5, 0.6) is 0 Å². The van der Waals surface area contributed by atoms with Crippen LogP contribution in [0.3, 0.4) is 0 Å². The van der Waals surface area contributed by atoms with Crippen molar-refractivity contribution in [2.45, 2.75) is 50.9 Å². The van der Waals surface area contributed by atoms with Gasteiger partial charge in [-0.15, -0.1) is 0 Å². The van der Waals surface area contributed by atoms with Crippen molar-refractivity contribution in [1.82, 2.24) is 10.6 Å². The molecule has 0 fully saturated rings. The second kappa shape index (κ2) is 14.5. The van der Waals surface area contributed by atoms with Gasteiger partial charge in [-0.2, -0.15) is 0 Å². The molecule has 2 aromatic carbocycles. The van der Waals surface area contributed by atoms with E-state index in [0.717, 1.165) is 0 Å². The number of aliphatic carboxylic acids is 2. The Kier molecular flexibility index (Phi) is 12.1. The van der Waals surface area contributed by atoms with E-state index in [4.69, 9.17) is 21.7 Å². The lowest BCUT2D eigenvalue weighted by atomic mass is 10.1. The van der Waals surface area contributed by atoms with Gasteiger partial charge in [0, 0.05) is 12.8 Å². The highest BCUT2D eigenvalue weighted by Crippen LogP contribution is 2.10. The van der Waals surface area contributed by atoms with Crippen molar-refractivity contribution in [2.75, 3.05) is 0 Å². The lowest BCUT2D eigenvalue weighted by Gasteiger charge is -2.16. The fourth-order valence-corrected chi connectivity index (χ4v) is 2.75. The molecule has 10 nitrogen and oxygen atoms in total. The van der Waals surface area contributed by atoms with Crippen LogP contribution in [0.4, 0.5) is 8.78 Å². The summed E-state index contributed by atoms with van der Waals surface area (Å²) >= 11 is 0. The Balaban J connectivity index is 0.000000360. The van der Waals surface area contributed by atoms with E-state index in [2.05, 4.69) is 10.6 Å². The van der Waals surface area contributed by atoms with Crippen molar-refractivity contribution >= 4 is 23.8 Å². The number of nitrogens with one attached hydrogen (secondary N) is 2. The van der Waals surface area contributed by atoms with Gasteiger partial charge in [0.2, 0.25) is 11.8 Å². The van der Waals surface area contributed by atoms with Crippen LogP contribution in [-0.2, 0) is 32.0 Å². The van der Waals surface area contributed by atoms with Gasteiger partial charge in [0.1, 0.15) is 23.7 Å². The van der Waals surface area contributed by atoms with Crippen molar-refractivity contribution in [3.05, 3.63) is 71.3 Å². The summed E-state index contributed by atoms with van der Waals surface area (Å²) in [5.74, 6) is -4.41. The van der Waals surface area contributed by atoms with Gasteiger partial charge in [-0.1, -0.05) is 30.3 Å². The summed E-state index contributed by atoms with van der Waals surface area (Å²) in [6.45, 7) is 2.91. The molecule has 0 bridgehead atoms. The molecule has 0 radical (unpaired) electrons. The first-order valence-corrected chi connectivity index (χ1v) is 10.9. The zero-order chi connectivity index (χ0) is 27.4. The molecule has 4 atom stereocenters. The zero-order valence-corrected chi connectivity index (χ0v) is 19.8. The van der Waals surface area contributed by atoms with Crippen LogP contribution in [0.15, 0.2) is 48.5 Å². The summed E-state index contributed by atoms with van der Waals surface area (Å²) in [4.78, 5) is 44.7. The minimum Gasteiger partial charge on any atom is -0.480 e. The average Bonchev–Trinajstić information content (AvgIpc) is 2.80. The second-order valence-corrected chi connectivity index (χ2v) is 8.00. The first kappa shape index (κ1) is 30.1. The molecule has 0 heterocycles. The summed E-state index contributed by atoms with van der Waals surface area (Å²) in [6, 6.07) is 7.39. The maximum atomic E-state index is 13.4. The predicted molar refractivity (Wildman–Crippen MR) is 127 cm³/mol. The van der Waals surface area contributed by atoms with Crippen molar-refractivity contribution < 1.29 is 38.2 Å². The van der Waals surface area contributed by atoms with E-state index in [9.17, 15) is 28.0 Å². The Bertz CT molecular complexity index is 1050. The molecular formula is C24H30F2N4O6. The Morgan fingerprint density at radius 3 is 1.64 bits per heavy atom. The normalized spacial score (nSPS) is 13.7. The van der Waals surface area contributed by atoms with Crippen LogP contribution >= 0.6 is 0 Å². The average molecular weight is 509 g/mol. The molecule has 2 aromatic rings. The Morgan fingerprint density at radius 1 is 0.778 bits per heavy atom. The number of halogens is 2. The van der Waals surface area contributed by atoms with E-state index in [1.165, 1.54) is 56.3 Å². The van der Waals surface area contributed by atoms with Crippen molar-refractivity contribution in [3.63, 3.8) is 0 Å². The topological polar surface area (TPSA) is 185 Å². The minimum atomic E-state index is -1.23. The number of carbonyl (C=O) groups is 4. The number of amides is 2. The van der Waals surface area contributed by atoms with E-state index in [0.29, 0.717) is 5.56 Å². The van der Waals surface area contributed by atoms with Crippen LogP contribution in [-0.4, -0.2) is 58.1 Å². The Hall–Kier alpha value is -3.90. The molecule has 0 saturated heterocycles. The van der Waals surface area contributed by atoms with Crippen molar-refractivity contribution in [1.29, 1.82) is 0 Å². The Morgan fingerprint density at radius 2 is 1.22 bits per heavy atom. The molecule has 0 aliphatic carbocycles. The molecule has 8 N–H and O–H groups in total. The van der Waals surface area contributed by atoms with Crippen LogP contribution in [0.1, 0.15) is 25.0 Å². The van der Waals surface area contributed by atoms with Gasteiger partial charge in [-0.25, -0.2) is 18.4 Å². The van der Waals surface area contributed by atoms with Crippen LogP contribution < -0.4 is 22.1 Å². The summed E-state index contributed by atoms with van der Waals surface area (Å²) in [6.07, 6.45) is -0.0471. The van der Waals surface area contributed by atoms with Gasteiger partial charge in [-0.05, 0) is 43.2 Å². The second-order valence-electron chi connectivity index (χ2n) is 8.00. The summed E-state index contributed by atoms with van der Waals surface area (Å²) in [7, 11) is 0. The zero-order valence-electron chi connectivity index (χ0n) is 19.8. The van der Waals surface area contributed by atoms with Gasteiger partial charge in [0.25, 0.3) is 0 Å². The number of benzene rings is 2. The molecular weight excluding hydrogens is 478 g/mol. The first-order valence-electron chi connectivity index (χ1n) is 10.9. The molecule has 12 heteroatoms. The van der Waals surface area contributed by atoms with Crippen molar-refractivity contribution in [2.24, 2.45) is 11.5 Å². The third-order valence-electron chi connectivity index (χ3n) is 4.79. The van der Waals surface area contributed by atoms with E-state index in [-0.39, 0.29) is 18.4 Å². The summed E-state index contributed by atoms with van der Waals surface area (Å²) in [5.41, 5.74) is 11.5. The van der Waals surface area contributed by atoms with Crippen LogP contribution in [0, 0.1) is 11.6 Å². The van der Waals surface area contributed by atoms with E-state index in [1.807, 2.05) is 0 Å². The third-order valence-corrected chi connectivity index (χ3v) is 4.79. The third kappa shape index (κ3) is 10.6. The molecule has 196 valence electrons. The molecule has 0 saturated carbocycles. The maximum Gasteiger partial charge on any atom is 0.326 e. The number of carbonyl (C=O) groups excluding carboxylic acids is 2. The lowest BCUT2D eigenvalue weighted by Crippen LogP contribution is -2.48. The highest BCUT2D eigenvalue weighted by molar-refractivity contribution is 5.87. The van der Waals surface area contributed by atoms with Gasteiger partial charge in [-0.3, -0.25) is 9.59 Å². The number of carboxylic acids is 2. The summed E-state index contributed by atoms with van der Waals surface area (Å²) < 4.78 is 26.1. The molecule has 36 heavy (non-hydrogen) atoms. The fraction of sp³-hybridized carbons (Fsp3) is 0.333. The summed E-state index contributed by atoms with van der Waals surface area (Å²) in [5, 5.41) is 22.6. The largest absolute Gasteiger partial charge is 0.480 e. The number of carboxylic acid groups (broad SMARTS) is 2. The van der Waals surface area contributed by atoms with Gasteiger partial charge in [0.05, 0.1) is 12.1 Å². The number of hydrogen-bond donors (Lipinski definition) is 6. The SMILES string of the molecule is C[C@H](N)C(=O)NC(Cc1ccc(F)cc1)C(=O)O.C[C@H](N)C(=O)NC(Cc1ccccc1F)C(=O)O.